The van der Waals surface area contributed by atoms with E-state index in [0.717, 1.165) is 17.7 Å². The highest BCUT2D eigenvalue weighted by Gasteiger charge is 2.17. The highest BCUT2D eigenvalue weighted by molar-refractivity contribution is 5.22. The number of aromatic nitrogens is 2. The van der Waals surface area contributed by atoms with Crippen molar-refractivity contribution in [2.75, 3.05) is 0 Å². The predicted octanol–water partition coefficient (Wildman–Crippen LogP) is 2.36. The molecule has 0 saturated heterocycles. The van der Waals surface area contributed by atoms with Crippen molar-refractivity contribution in [2.45, 2.75) is 18.9 Å². The molecule has 0 fully saturated rings. The molecule has 1 unspecified atom stereocenters. The summed E-state index contributed by atoms with van der Waals surface area (Å²) in [5, 5.41) is 13.8. The Morgan fingerprint density at radius 1 is 1.33 bits per heavy atom. The molecule has 0 saturated carbocycles. The highest BCUT2D eigenvalue weighted by Crippen LogP contribution is 2.24. The van der Waals surface area contributed by atoms with Crippen molar-refractivity contribution in [3.05, 3.63) is 53.4 Å². The zero-order valence-electron chi connectivity index (χ0n) is 9.98. The van der Waals surface area contributed by atoms with E-state index in [1.165, 1.54) is 6.07 Å². The largest absolute Gasteiger partial charge is 0.388 e. The molecule has 0 radical (unpaired) electrons. The minimum atomic E-state index is -1.15. The van der Waals surface area contributed by atoms with Crippen LogP contribution < -0.4 is 0 Å². The summed E-state index contributed by atoms with van der Waals surface area (Å²) in [7, 11) is 1.79. The molecular weight excluding hydrogens is 238 g/mol. The molecule has 0 aliphatic carbocycles. The third-order valence-corrected chi connectivity index (χ3v) is 2.80. The van der Waals surface area contributed by atoms with Crippen LogP contribution in [0.5, 0.6) is 0 Å². The molecule has 0 bridgehead atoms. The van der Waals surface area contributed by atoms with E-state index in [1.807, 2.05) is 6.20 Å². The summed E-state index contributed by atoms with van der Waals surface area (Å²) in [6.07, 6.45) is 3.10. The van der Waals surface area contributed by atoms with Crippen molar-refractivity contribution in [1.82, 2.24) is 9.78 Å². The van der Waals surface area contributed by atoms with E-state index in [-0.39, 0.29) is 12.0 Å². The fourth-order valence-corrected chi connectivity index (χ4v) is 1.88. The van der Waals surface area contributed by atoms with E-state index < -0.39 is 17.7 Å². The van der Waals surface area contributed by atoms with E-state index in [4.69, 9.17) is 0 Å². The molecule has 1 heterocycles. The van der Waals surface area contributed by atoms with Gasteiger partial charge in [-0.1, -0.05) is 6.07 Å². The molecule has 1 aromatic carbocycles. The molecule has 1 atom stereocenters. The molecule has 18 heavy (non-hydrogen) atoms. The number of nitrogens with zero attached hydrogens (tertiary/aromatic N) is 2. The average Bonchev–Trinajstić information content (AvgIpc) is 2.72. The van der Waals surface area contributed by atoms with Crippen LogP contribution in [-0.2, 0) is 13.5 Å². The quantitative estimate of drug-likeness (QED) is 0.907. The van der Waals surface area contributed by atoms with E-state index in [0.29, 0.717) is 6.42 Å². The van der Waals surface area contributed by atoms with Gasteiger partial charge < -0.3 is 5.11 Å². The predicted molar refractivity (Wildman–Crippen MR) is 62.8 cm³/mol. The molecule has 0 spiro atoms. The Morgan fingerprint density at radius 3 is 2.56 bits per heavy atom. The summed E-state index contributed by atoms with van der Waals surface area (Å²) in [6.45, 7) is 0. The number of aryl methyl sites for hydroxylation is 2. The molecule has 0 aliphatic rings. The van der Waals surface area contributed by atoms with Crippen LogP contribution >= 0.6 is 0 Å². The van der Waals surface area contributed by atoms with Gasteiger partial charge in [-0.2, -0.15) is 5.10 Å². The molecule has 1 N–H and O–H groups in total. The highest BCUT2D eigenvalue weighted by atomic mass is 19.1. The van der Waals surface area contributed by atoms with Crippen molar-refractivity contribution in [3.8, 4) is 0 Å². The van der Waals surface area contributed by atoms with Crippen molar-refractivity contribution < 1.29 is 13.9 Å². The van der Waals surface area contributed by atoms with Crippen molar-refractivity contribution >= 4 is 0 Å². The van der Waals surface area contributed by atoms with Crippen LogP contribution in [0, 0.1) is 11.6 Å². The van der Waals surface area contributed by atoms with Crippen LogP contribution in [0.25, 0.3) is 0 Å². The van der Waals surface area contributed by atoms with Crippen LogP contribution in [0.3, 0.4) is 0 Å². The first-order valence-corrected chi connectivity index (χ1v) is 5.67. The first-order chi connectivity index (χ1) is 8.58. The Hall–Kier alpha value is -1.75. The third-order valence-electron chi connectivity index (χ3n) is 2.80. The minimum absolute atomic E-state index is 0.254. The summed E-state index contributed by atoms with van der Waals surface area (Å²) in [4.78, 5) is 0. The second-order valence-corrected chi connectivity index (χ2v) is 4.21. The van der Waals surface area contributed by atoms with Crippen molar-refractivity contribution in [1.29, 1.82) is 0 Å². The van der Waals surface area contributed by atoms with Gasteiger partial charge >= 0.3 is 0 Å². The number of aliphatic hydroxyl groups is 1. The summed E-state index contributed by atoms with van der Waals surface area (Å²) in [5.74, 6) is -1.43. The lowest BCUT2D eigenvalue weighted by molar-refractivity contribution is 0.158. The van der Waals surface area contributed by atoms with Crippen LogP contribution in [0.4, 0.5) is 8.78 Å². The standard InChI is InChI=1S/C13H14F2N2O/c1-17-8-9(7-16-17)5-6-12(18)13-10(14)3-2-4-11(13)15/h2-4,7-8,12,18H,5-6H2,1H3. The molecular formula is C13H14F2N2O. The van der Waals surface area contributed by atoms with Gasteiger partial charge in [0.25, 0.3) is 0 Å². The fraction of sp³-hybridized carbons (Fsp3) is 0.308. The Bertz CT molecular complexity index is 519. The maximum atomic E-state index is 13.4. The van der Waals surface area contributed by atoms with E-state index in [2.05, 4.69) is 5.10 Å². The lowest BCUT2D eigenvalue weighted by Crippen LogP contribution is -2.05. The zero-order chi connectivity index (χ0) is 13.1. The van der Waals surface area contributed by atoms with Gasteiger partial charge in [-0.05, 0) is 30.5 Å². The number of hydrogen-bond acceptors (Lipinski definition) is 2. The minimum Gasteiger partial charge on any atom is -0.388 e. The van der Waals surface area contributed by atoms with Gasteiger partial charge in [0.15, 0.2) is 0 Å². The Labute approximate surface area is 104 Å². The summed E-state index contributed by atoms with van der Waals surface area (Å²) in [6, 6.07) is 3.57. The van der Waals surface area contributed by atoms with Crippen LogP contribution in [0.15, 0.2) is 30.6 Å². The SMILES string of the molecule is Cn1cc(CCC(O)c2c(F)cccc2F)cn1. The molecule has 1 aromatic heterocycles. The number of aliphatic hydroxyl groups excluding tert-OH is 1. The maximum Gasteiger partial charge on any atom is 0.131 e. The van der Waals surface area contributed by atoms with E-state index >= 15 is 0 Å². The summed E-state index contributed by atoms with van der Waals surface area (Å²) >= 11 is 0. The number of hydrogen-bond donors (Lipinski definition) is 1. The van der Waals surface area contributed by atoms with Crippen molar-refractivity contribution in [3.63, 3.8) is 0 Å². The Balaban J connectivity index is 2.06. The maximum absolute atomic E-state index is 13.4. The smallest absolute Gasteiger partial charge is 0.131 e. The van der Waals surface area contributed by atoms with Gasteiger partial charge in [0.1, 0.15) is 11.6 Å². The molecule has 3 nitrogen and oxygen atoms in total. The Kier molecular flexibility index (Phi) is 3.72. The topological polar surface area (TPSA) is 38.0 Å². The lowest BCUT2D eigenvalue weighted by Gasteiger charge is -2.12. The van der Waals surface area contributed by atoms with Gasteiger partial charge in [0, 0.05) is 13.2 Å². The molecule has 2 rings (SSSR count). The molecule has 0 amide bonds. The summed E-state index contributed by atoms with van der Waals surface area (Å²) in [5.41, 5.74) is 0.662. The summed E-state index contributed by atoms with van der Waals surface area (Å²) < 4.78 is 28.5. The zero-order valence-corrected chi connectivity index (χ0v) is 9.98. The van der Waals surface area contributed by atoms with Gasteiger partial charge in [0.05, 0.1) is 17.9 Å². The van der Waals surface area contributed by atoms with Crippen LogP contribution in [0.2, 0.25) is 0 Å². The lowest BCUT2D eigenvalue weighted by atomic mass is 10.0. The monoisotopic (exact) mass is 252 g/mol. The molecule has 96 valence electrons. The number of benzene rings is 1. The number of rotatable bonds is 4. The van der Waals surface area contributed by atoms with E-state index in [9.17, 15) is 13.9 Å². The molecule has 5 heteroatoms. The second-order valence-electron chi connectivity index (χ2n) is 4.21. The number of halogens is 2. The fourth-order valence-electron chi connectivity index (χ4n) is 1.88. The normalized spacial score (nSPS) is 12.7. The molecule has 0 aliphatic heterocycles. The van der Waals surface area contributed by atoms with Gasteiger partial charge in [0.2, 0.25) is 0 Å². The van der Waals surface area contributed by atoms with Crippen LogP contribution in [-0.4, -0.2) is 14.9 Å². The first-order valence-electron chi connectivity index (χ1n) is 5.67. The van der Waals surface area contributed by atoms with Crippen molar-refractivity contribution in [2.24, 2.45) is 7.05 Å². The van der Waals surface area contributed by atoms with Crippen LogP contribution in [0.1, 0.15) is 23.7 Å². The van der Waals surface area contributed by atoms with Gasteiger partial charge in [-0.3, -0.25) is 4.68 Å². The Morgan fingerprint density at radius 2 is 2.00 bits per heavy atom. The molecule has 2 aromatic rings. The third kappa shape index (κ3) is 2.73. The van der Waals surface area contributed by atoms with E-state index in [1.54, 1.807) is 17.9 Å². The van der Waals surface area contributed by atoms with Gasteiger partial charge in [-0.15, -0.1) is 0 Å². The average molecular weight is 252 g/mol. The van der Waals surface area contributed by atoms with Gasteiger partial charge in [-0.25, -0.2) is 8.78 Å². The second kappa shape index (κ2) is 5.27. The first kappa shape index (κ1) is 12.7.